The van der Waals surface area contributed by atoms with Crippen LogP contribution in [0.5, 0.6) is 11.5 Å². The molecule has 1 aliphatic rings. The molecule has 0 saturated heterocycles. The number of hydrogen-bond donors (Lipinski definition) is 1. The second-order valence-corrected chi connectivity index (χ2v) is 6.73. The lowest BCUT2D eigenvalue weighted by Crippen LogP contribution is -2.26. The average Bonchev–Trinajstić information content (AvgIpc) is 3.48. The lowest BCUT2D eigenvalue weighted by atomic mass is 10.1. The minimum atomic E-state index is -0.141. The van der Waals surface area contributed by atoms with E-state index < -0.39 is 0 Å². The predicted molar refractivity (Wildman–Crippen MR) is 103 cm³/mol. The second kappa shape index (κ2) is 7.31. The predicted octanol–water partition coefficient (Wildman–Crippen LogP) is 3.20. The number of carbonyl (C=O) groups is 1. The molecule has 0 radical (unpaired) electrons. The topological polar surface area (TPSA) is 64.9 Å². The zero-order valence-corrected chi connectivity index (χ0v) is 15.6. The van der Waals surface area contributed by atoms with Crippen LogP contribution in [0.3, 0.4) is 0 Å². The van der Waals surface area contributed by atoms with E-state index in [1.54, 1.807) is 14.2 Å². The maximum absolute atomic E-state index is 12.7. The molecule has 1 fully saturated rings. The number of fused-ring (bicyclic) bond motifs is 1. The number of imidazole rings is 1. The fourth-order valence-electron chi connectivity index (χ4n) is 3.31. The third-order valence-corrected chi connectivity index (χ3v) is 4.91. The Labute approximate surface area is 158 Å². The molecule has 1 amide bonds. The van der Waals surface area contributed by atoms with E-state index in [9.17, 15) is 4.79 Å². The number of rotatable bonds is 7. The number of amides is 1. The summed E-state index contributed by atoms with van der Waals surface area (Å²) in [4.78, 5) is 17.4. The first-order valence-corrected chi connectivity index (χ1v) is 9.17. The maximum atomic E-state index is 12.7. The van der Waals surface area contributed by atoms with E-state index in [0.29, 0.717) is 24.6 Å². The molecule has 6 heteroatoms. The number of nitrogens with one attached hydrogen (secondary N) is 1. The first-order valence-electron chi connectivity index (χ1n) is 9.17. The lowest BCUT2D eigenvalue weighted by molar-refractivity contribution is 0.0951. The Morgan fingerprint density at radius 3 is 2.81 bits per heavy atom. The van der Waals surface area contributed by atoms with E-state index in [1.165, 1.54) is 0 Å². The van der Waals surface area contributed by atoms with E-state index in [4.69, 9.17) is 9.47 Å². The molecule has 1 saturated carbocycles. The van der Waals surface area contributed by atoms with Crippen LogP contribution in [0.2, 0.25) is 0 Å². The van der Waals surface area contributed by atoms with E-state index in [2.05, 4.69) is 10.3 Å². The summed E-state index contributed by atoms with van der Waals surface area (Å²) in [6.07, 6.45) is 4.94. The van der Waals surface area contributed by atoms with Crippen LogP contribution >= 0.6 is 0 Å². The van der Waals surface area contributed by atoms with E-state index in [0.717, 1.165) is 41.2 Å². The van der Waals surface area contributed by atoms with Crippen molar-refractivity contribution in [3.63, 3.8) is 0 Å². The zero-order valence-electron chi connectivity index (χ0n) is 15.6. The van der Waals surface area contributed by atoms with Crippen LogP contribution in [0.15, 0.2) is 42.6 Å². The van der Waals surface area contributed by atoms with Crippen molar-refractivity contribution in [2.75, 3.05) is 20.8 Å². The van der Waals surface area contributed by atoms with Crippen LogP contribution in [0, 0.1) is 0 Å². The minimum absolute atomic E-state index is 0.141. The Hall–Kier alpha value is -3.02. The van der Waals surface area contributed by atoms with Gasteiger partial charge in [0.2, 0.25) is 0 Å². The van der Waals surface area contributed by atoms with Crippen LogP contribution in [-0.2, 0) is 6.42 Å². The van der Waals surface area contributed by atoms with Crippen LogP contribution in [0.1, 0.15) is 40.6 Å². The highest BCUT2D eigenvalue weighted by Crippen LogP contribution is 2.40. The molecule has 0 atom stereocenters. The van der Waals surface area contributed by atoms with Crippen molar-refractivity contribution in [3.8, 4) is 11.5 Å². The number of pyridine rings is 1. The van der Waals surface area contributed by atoms with Crippen molar-refractivity contribution in [3.05, 3.63) is 59.7 Å². The van der Waals surface area contributed by atoms with Gasteiger partial charge in [-0.05, 0) is 43.0 Å². The molecule has 1 N–H and O–H groups in total. The van der Waals surface area contributed by atoms with Crippen LogP contribution in [-0.4, -0.2) is 36.1 Å². The van der Waals surface area contributed by atoms with Gasteiger partial charge in [0.1, 0.15) is 17.3 Å². The molecule has 0 spiro atoms. The van der Waals surface area contributed by atoms with Crippen molar-refractivity contribution in [1.82, 2.24) is 14.7 Å². The molecular formula is C21H23N3O3. The van der Waals surface area contributed by atoms with Gasteiger partial charge in [0, 0.05) is 24.7 Å². The molecule has 2 aromatic heterocycles. The van der Waals surface area contributed by atoms with Crippen molar-refractivity contribution in [2.24, 2.45) is 0 Å². The van der Waals surface area contributed by atoms with Crippen LogP contribution in [0.25, 0.3) is 5.52 Å². The molecule has 27 heavy (non-hydrogen) atoms. The molecule has 2 heterocycles. The smallest absolute Gasteiger partial charge is 0.272 e. The summed E-state index contributed by atoms with van der Waals surface area (Å²) in [5.41, 5.74) is 2.38. The van der Waals surface area contributed by atoms with Gasteiger partial charge in [-0.15, -0.1) is 0 Å². The summed E-state index contributed by atoms with van der Waals surface area (Å²) in [5, 5.41) is 2.99. The molecule has 0 aliphatic heterocycles. The largest absolute Gasteiger partial charge is 0.497 e. The van der Waals surface area contributed by atoms with Gasteiger partial charge in [-0.1, -0.05) is 12.1 Å². The van der Waals surface area contributed by atoms with Gasteiger partial charge in [0.05, 0.1) is 19.7 Å². The molecule has 3 aromatic rings. The van der Waals surface area contributed by atoms with Gasteiger partial charge in [-0.3, -0.25) is 4.79 Å². The van der Waals surface area contributed by atoms with Crippen molar-refractivity contribution >= 4 is 11.4 Å². The number of ether oxygens (including phenoxy) is 2. The molecule has 1 aliphatic carbocycles. The highest BCUT2D eigenvalue weighted by molar-refractivity contribution is 5.99. The van der Waals surface area contributed by atoms with Gasteiger partial charge in [-0.25, -0.2) is 4.98 Å². The van der Waals surface area contributed by atoms with Crippen molar-refractivity contribution < 1.29 is 14.3 Å². The van der Waals surface area contributed by atoms with Crippen LogP contribution in [0.4, 0.5) is 0 Å². The SMILES string of the molecule is COc1ccc(CCNC(=O)c2nc(C3CC3)n3ccccc23)c(OC)c1. The maximum Gasteiger partial charge on any atom is 0.272 e. The van der Waals surface area contributed by atoms with Gasteiger partial charge in [0.15, 0.2) is 5.69 Å². The van der Waals surface area contributed by atoms with Gasteiger partial charge < -0.3 is 19.2 Å². The summed E-state index contributed by atoms with van der Waals surface area (Å²) in [7, 11) is 3.26. The molecular weight excluding hydrogens is 342 g/mol. The Balaban J connectivity index is 1.47. The summed E-state index contributed by atoms with van der Waals surface area (Å²) in [6.45, 7) is 0.506. The van der Waals surface area contributed by atoms with E-state index in [-0.39, 0.29) is 5.91 Å². The highest BCUT2D eigenvalue weighted by atomic mass is 16.5. The zero-order chi connectivity index (χ0) is 18.8. The monoisotopic (exact) mass is 365 g/mol. The molecule has 1 aromatic carbocycles. The molecule has 0 bridgehead atoms. The highest BCUT2D eigenvalue weighted by Gasteiger charge is 2.30. The molecule has 4 rings (SSSR count). The number of methoxy groups -OCH3 is 2. The van der Waals surface area contributed by atoms with E-state index in [1.807, 2.05) is 47.0 Å². The number of aromatic nitrogens is 2. The molecule has 0 unspecified atom stereocenters. The van der Waals surface area contributed by atoms with Gasteiger partial charge in [-0.2, -0.15) is 0 Å². The summed E-state index contributed by atoms with van der Waals surface area (Å²) in [6, 6.07) is 11.6. The average molecular weight is 365 g/mol. The first kappa shape index (κ1) is 17.4. The normalized spacial score (nSPS) is 13.6. The summed E-state index contributed by atoms with van der Waals surface area (Å²) in [5.74, 6) is 2.83. The first-order chi connectivity index (χ1) is 13.2. The van der Waals surface area contributed by atoms with Crippen molar-refractivity contribution in [2.45, 2.75) is 25.2 Å². The summed E-state index contributed by atoms with van der Waals surface area (Å²) >= 11 is 0. The Kier molecular flexibility index (Phi) is 4.71. The number of hydrogen-bond acceptors (Lipinski definition) is 4. The van der Waals surface area contributed by atoms with E-state index >= 15 is 0 Å². The summed E-state index contributed by atoms with van der Waals surface area (Å²) < 4.78 is 12.7. The fourth-order valence-corrected chi connectivity index (χ4v) is 3.31. The van der Waals surface area contributed by atoms with Crippen molar-refractivity contribution in [1.29, 1.82) is 0 Å². The molecule has 6 nitrogen and oxygen atoms in total. The second-order valence-electron chi connectivity index (χ2n) is 6.73. The van der Waals surface area contributed by atoms with Gasteiger partial charge in [0.25, 0.3) is 5.91 Å². The number of carbonyl (C=O) groups excluding carboxylic acids is 1. The third kappa shape index (κ3) is 3.47. The Morgan fingerprint density at radius 2 is 2.07 bits per heavy atom. The number of benzene rings is 1. The fraction of sp³-hybridized carbons (Fsp3) is 0.333. The Morgan fingerprint density at radius 1 is 1.22 bits per heavy atom. The molecule has 140 valence electrons. The third-order valence-electron chi connectivity index (χ3n) is 4.91. The standard InChI is InChI=1S/C21H23N3O3/c1-26-16-9-8-14(18(13-16)27-2)10-11-22-21(25)19-17-5-3-4-12-24(17)20(23-19)15-6-7-15/h3-5,8-9,12-13,15H,6-7,10-11H2,1-2H3,(H,22,25). The lowest BCUT2D eigenvalue weighted by Gasteiger charge is -2.10. The quantitative estimate of drug-likeness (QED) is 0.698. The minimum Gasteiger partial charge on any atom is -0.497 e. The Bertz CT molecular complexity index is 976. The number of nitrogens with zero attached hydrogens (tertiary/aromatic N) is 2. The van der Waals surface area contributed by atoms with Gasteiger partial charge >= 0.3 is 0 Å². The van der Waals surface area contributed by atoms with Crippen LogP contribution < -0.4 is 14.8 Å².